The van der Waals surface area contributed by atoms with E-state index in [1.54, 1.807) is 25.1 Å². The monoisotopic (exact) mass is 297 g/mol. The van der Waals surface area contributed by atoms with Crippen molar-refractivity contribution in [2.75, 3.05) is 18.6 Å². The lowest BCUT2D eigenvalue weighted by Crippen LogP contribution is -2.43. The second-order valence-electron chi connectivity index (χ2n) is 5.62. The molecule has 0 radical (unpaired) electrons. The maximum absolute atomic E-state index is 13.6. The Hall–Kier alpha value is -1.07. The Balaban J connectivity index is 1.86. The van der Waals surface area contributed by atoms with Crippen molar-refractivity contribution in [2.24, 2.45) is 5.92 Å². The molecule has 0 spiro atoms. The van der Waals surface area contributed by atoms with Gasteiger partial charge >= 0.3 is 0 Å². The van der Waals surface area contributed by atoms with E-state index in [0.717, 1.165) is 0 Å². The van der Waals surface area contributed by atoms with Gasteiger partial charge in [0.25, 0.3) is 0 Å². The minimum absolute atomic E-state index is 0.0262. The zero-order valence-electron chi connectivity index (χ0n) is 11.7. The molecule has 3 nitrogen and oxygen atoms in total. The standard InChI is InChI=1S/C15H20FNO2S/c1-15(19,9-20-2)8-17-14(18)12-7-11(12)10-5-3-4-6-13(10)16/h3-6,11-12,19H,7-9H2,1-2H3,(H,17,18). The van der Waals surface area contributed by atoms with E-state index in [-0.39, 0.29) is 30.1 Å². The van der Waals surface area contributed by atoms with Crippen molar-refractivity contribution in [1.29, 1.82) is 0 Å². The Bertz CT molecular complexity index is 493. The first-order chi connectivity index (χ1) is 9.44. The SMILES string of the molecule is CSCC(C)(O)CNC(=O)C1CC1c1ccccc1F. The zero-order chi connectivity index (χ0) is 14.8. The van der Waals surface area contributed by atoms with Crippen LogP contribution < -0.4 is 5.32 Å². The summed E-state index contributed by atoms with van der Waals surface area (Å²) in [4.78, 5) is 12.0. The van der Waals surface area contributed by atoms with Gasteiger partial charge in [-0.05, 0) is 37.1 Å². The van der Waals surface area contributed by atoms with E-state index in [1.807, 2.05) is 6.26 Å². The number of benzene rings is 1. The van der Waals surface area contributed by atoms with Crippen LogP contribution in [0.4, 0.5) is 4.39 Å². The third-order valence-corrected chi connectivity index (χ3v) is 4.44. The van der Waals surface area contributed by atoms with E-state index in [2.05, 4.69) is 5.32 Å². The van der Waals surface area contributed by atoms with Crippen molar-refractivity contribution in [3.05, 3.63) is 35.6 Å². The number of rotatable bonds is 6. The van der Waals surface area contributed by atoms with E-state index < -0.39 is 5.60 Å². The van der Waals surface area contributed by atoms with Crippen molar-refractivity contribution >= 4 is 17.7 Å². The van der Waals surface area contributed by atoms with Gasteiger partial charge in [0.05, 0.1) is 5.60 Å². The van der Waals surface area contributed by atoms with E-state index in [0.29, 0.717) is 17.7 Å². The minimum atomic E-state index is -0.905. The highest BCUT2D eigenvalue weighted by molar-refractivity contribution is 7.98. The summed E-state index contributed by atoms with van der Waals surface area (Å²) in [5.74, 6) is 0.0230. The van der Waals surface area contributed by atoms with Crippen LogP contribution in [0.1, 0.15) is 24.8 Å². The van der Waals surface area contributed by atoms with Crippen LogP contribution in [0, 0.1) is 11.7 Å². The van der Waals surface area contributed by atoms with Gasteiger partial charge in [-0.15, -0.1) is 0 Å². The Labute approximate surface area is 123 Å². The fourth-order valence-electron chi connectivity index (χ4n) is 2.37. The Morgan fingerprint density at radius 3 is 2.90 bits per heavy atom. The number of amides is 1. The second-order valence-corrected chi connectivity index (χ2v) is 6.48. The predicted molar refractivity (Wildman–Crippen MR) is 79.3 cm³/mol. The molecular formula is C15H20FNO2S. The predicted octanol–water partition coefficient (Wildman–Crippen LogP) is 2.16. The zero-order valence-corrected chi connectivity index (χ0v) is 12.5. The number of aliphatic hydroxyl groups is 1. The molecule has 0 bridgehead atoms. The van der Waals surface area contributed by atoms with Gasteiger partial charge < -0.3 is 10.4 Å². The van der Waals surface area contributed by atoms with Crippen LogP contribution in [0.15, 0.2) is 24.3 Å². The number of nitrogens with one attached hydrogen (secondary N) is 1. The molecule has 0 saturated heterocycles. The quantitative estimate of drug-likeness (QED) is 0.846. The average molecular weight is 297 g/mol. The van der Waals surface area contributed by atoms with E-state index >= 15 is 0 Å². The number of thioether (sulfide) groups is 1. The molecular weight excluding hydrogens is 277 g/mol. The lowest BCUT2D eigenvalue weighted by molar-refractivity contribution is -0.123. The maximum atomic E-state index is 13.6. The molecule has 1 aliphatic rings. The smallest absolute Gasteiger partial charge is 0.223 e. The van der Waals surface area contributed by atoms with Gasteiger partial charge in [0.1, 0.15) is 5.82 Å². The minimum Gasteiger partial charge on any atom is -0.387 e. The number of hydrogen-bond donors (Lipinski definition) is 2. The molecule has 0 heterocycles. The third kappa shape index (κ3) is 3.73. The summed E-state index contributed by atoms with van der Waals surface area (Å²) in [6.07, 6.45) is 2.59. The van der Waals surface area contributed by atoms with Crippen molar-refractivity contribution in [3.8, 4) is 0 Å². The van der Waals surface area contributed by atoms with E-state index in [9.17, 15) is 14.3 Å². The number of carbonyl (C=O) groups excluding carboxylic acids is 1. The fourth-order valence-corrected chi connectivity index (χ4v) is 3.10. The summed E-state index contributed by atoms with van der Waals surface area (Å²) in [7, 11) is 0. The molecule has 110 valence electrons. The van der Waals surface area contributed by atoms with Gasteiger partial charge in [0, 0.05) is 18.2 Å². The summed E-state index contributed by atoms with van der Waals surface area (Å²) in [5, 5.41) is 12.8. The van der Waals surface area contributed by atoms with Crippen LogP contribution in [0.3, 0.4) is 0 Å². The molecule has 1 aliphatic carbocycles. The molecule has 0 aliphatic heterocycles. The van der Waals surface area contributed by atoms with Gasteiger partial charge in [0.2, 0.25) is 5.91 Å². The average Bonchev–Trinajstić information content (AvgIpc) is 3.17. The number of halogens is 1. The molecule has 2 rings (SSSR count). The molecule has 0 aromatic heterocycles. The molecule has 5 heteroatoms. The van der Waals surface area contributed by atoms with E-state index in [1.165, 1.54) is 17.8 Å². The fraction of sp³-hybridized carbons (Fsp3) is 0.533. The molecule has 3 unspecified atom stereocenters. The van der Waals surface area contributed by atoms with Crippen LogP contribution in [0.25, 0.3) is 0 Å². The largest absolute Gasteiger partial charge is 0.387 e. The van der Waals surface area contributed by atoms with Crippen LogP contribution in [0.2, 0.25) is 0 Å². The van der Waals surface area contributed by atoms with E-state index in [4.69, 9.17) is 0 Å². The van der Waals surface area contributed by atoms with Crippen LogP contribution in [-0.2, 0) is 4.79 Å². The first-order valence-corrected chi connectivity index (χ1v) is 8.07. The molecule has 1 amide bonds. The topological polar surface area (TPSA) is 49.3 Å². The summed E-state index contributed by atoms with van der Waals surface area (Å²) < 4.78 is 13.6. The summed E-state index contributed by atoms with van der Waals surface area (Å²) in [5.41, 5.74) is -0.291. The Morgan fingerprint density at radius 1 is 1.55 bits per heavy atom. The van der Waals surface area contributed by atoms with Gasteiger partial charge in [0.15, 0.2) is 0 Å². The van der Waals surface area contributed by atoms with Crippen molar-refractivity contribution in [1.82, 2.24) is 5.32 Å². The lowest BCUT2D eigenvalue weighted by Gasteiger charge is -2.22. The van der Waals surface area contributed by atoms with Crippen molar-refractivity contribution in [3.63, 3.8) is 0 Å². The Kier molecular flexibility index (Phi) is 4.70. The van der Waals surface area contributed by atoms with Gasteiger partial charge in [-0.2, -0.15) is 11.8 Å². The highest BCUT2D eigenvalue weighted by Gasteiger charge is 2.45. The summed E-state index contributed by atoms with van der Waals surface area (Å²) in [6.45, 7) is 1.93. The lowest BCUT2D eigenvalue weighted by atomic mass is 10.1. The van der Waals surface area contributed by atoms with Crippen LogP contribution >= 0.6 is 11.8 Å². The first-order valence-electron chi connectivity index (χ1n) is 6.68. The maximum Gasteiger partial charge on any atom is 0.223 e. The normalized spacial score (nSPS) is 24.0. The first kappa shape index (κ1) is 15.3. The summed E-state index contributed by atoms with van der Waals surface area (Å²) >= 11 is 1.53. The second kappa shape index (κ2) is 6.14. The molecule has 3 atom stereocenters. The third-order valence-electron chi connectivity index (χ3n) is 3.53. The van der Waals surface area contributed by atoms with Crippen LogP contribution in [-0.4, -0.2) is 35.2 Å². The molecule has 1 fully saturated rings. The van der Waals surface area contributed by atoms with Crippen molar-refractivity contribution < 1.29 is 14.3 Å². The number of hydrogen-bond acceptors (Lipinski definition) is 3. The molecule has 1 saturated carbocycles. The highest BCUT2D eigenvalue weighted by Crippen LogP contribution is 2.48. The van der Waals surface area contributed by atoms with Gasteiger partial charge in [-0.3, -0.25) is 4.79 Å². The summed E-state index contributed by atoms with van der Waals surface area (Å²) in [6, 6.07) is 6.59. The molecule has 2 N–H and O–H groups in total. The molecule has 1 aromatic rings. The molecule has 1 aromatic carbocycles. The Morgan fingerprint density at radius 2 is 2.25 bits per heavy atom. The molecule has 20 heavy (non-hydrogen) atoms. The van der Waals surface area contributed by atoms with Crippen molar-refractivity contribution in [2.45, 2.75) is 24.9 Å². The number of carbonyl (C=O) groups is 1. The highest BCUT2D eigenvalue weighted by atomic mass is 32.2. The van der Waals surface area contributed by atoms with Gasteiger partial charge in [-0.25, -0.2) is 4.39 Å². The van der Waals surface area contributed by atoms with Crippen LogP contribution in [0.5, 0.6) is 0 Å². The van der Waals surface area contributed by atoms with Gasteiger partial charge in [-0.1, -0.05) is 18.2 Å².